The van der Waals surface area contributed by atoms with E-state index in [1.165, 1.54) is 14.5 Å². The van der Waals surface area contributed by atoms with Crippen LogP contribution in [0.25, 0.3) is 5.57 Å². The molecule has 1 aromatic heterocycles. The highest BCUT2D eigenvalue weighted by Crippen LogP contribution is 2.44. The van der Waals surface area contributed by atoms with Gasteiger partial charge in [0, 0.05) is 24.3 Å². The van der Waals surface area contributed by atoms with E-state index in [0.717, 1.165) is 27.8 Å². The van der Waals surface area contributed by atoms with Crippen LogP contribution in [0.2, 0.25) is 0 Å². The van der Waals surface area contributed by atoms with Crippen molar-refractivity contribution in [2.75, 3.05) is 0 Å². The fourth-order valence-corrected chi connectivity index (χ4v) is 4.65. The number of allylic oxidation sites excluding steroid dienone is 2. The van der Waals surface area contributed by atoms with Gasteiger partial charge in [-0.1, -0.05) is 23.8 Å². The lowest BCUT2D eigenvalue weighted by molar-refractivity contribution is -0.363. The van der Waals surface area contributed by atoms with E-state index >= 15 is 8.63 Å². The van der Waals surface area contributed by atoms with Crippen LogP contribution in [-0.2, 0) is 0 Å². The summed E-state index contributed by atoms with van der Waals surface area (Å²) in [6, 6.07) is 8.10. The quantitative estimate of drug-likeness (QED) is 0.627. The van der Waals surface area contributed by atoms with E-state index in [1.54, 1.807) is 13.8 Å². The summed E-state index contributed by atoms with van der Waals surface area (Å²) in [6.45, 7) is 7.58. The first-order valence-electron chi connectivity index (χ1n) is 8.99. The Bertz CT molecular complexity index is 1070. The molecule has 0 aliphatic carbocycles. The molecular weight excluding hydrogens is 329 g/mol. The molecule has 0 atom stereocenters. The second-order valence-electron chi connectivity index (χ2n) is 7.66. The lowest BCUT2D eigenvalue weighted by Crippen LogP contribution is -2.51. The zero-order valence-electron chi connectivity index (χ0n) is 16.1. The molecule has 2 aliphatic heterocycles. The van der Waals surface area contributed by atoms with Crippen molar-refractivity contribution in [2.45, 2.75) is 41.5 Å². The molecule has 26 heavy (non-hydrogen) atoms. The Morgan fingerprint density at radius 2 is 1.62 bits per heavy atom. The minimum absolute atomic E-state index is 0.598. The van der Waals surface area contributed by atoms with Crippen LogP contribution in [-0.4, -0.2) is 21.6 Å². The molecule has 4 rings (SSSR count). The van der Waals surface area contributed by atoms with Gasteiger partial charge in [-0.3, -0.25) is 0 Å². The highest BCUT2D eigenvalue weighted by Gasteiger charge is 2.55. The molecule has 2 aromatic rings. The fraction of sp³-hybridized carbons (Fsp3) is 0.286. The summed E-state index contributed by atoms with van der Waals surface area (Å²) >= 11 is 0. The Morgan fingerprint density at radius 1 is 0.923 bits per heavy atom. The van der Waals surface area contributed by atoms with Crippen LogP contribution in [0.1, 0.15) is 47.5 Å². The number of nitrogens with zero attached hydrogens (tertiary/aromatic N) is 2. The van der Waals surface area contributed by atoms with Crippen molar-refractivity contribution in [3.8, 4) is 0 Å². The molecular formula is C21H23BF2N2. The molecule has 0 saturated carbocycles. The Balaban J connectivity index is 2.20. The first-order chi connectivity index (χ1) is 12.1. The van der Waals surface area contributed by atoms with Crippen LogP contribution in [0.3, 0.4) is 0 Å². The van der Waals surface area contributed by atoms with E-state index in [1.807, 2.05) is 26.0 Å². The largest absolute Gasteiger partial charge is 0.737 e. The number of hydrogen-bond acceptors (Lipinski definition) is 0. The van der Waals surface area contributed by atoms with E-state index in [9.17, 15) is 0 Å². The van der Waals surface area contributed by atoms with Crippen molar-refractivity contribution >= 4 is 18.3 Å². The zero-order chi connectivity index (χ0) is 19.0. The number of rotatable bonds is 1. The molecule has 0 saturated heterocycles. The summed E-state index contributed by atoms with van der Waals surface area (Å²) in [7, 11) is 0. The predicted octanol–water partition coefficient (Wildman–Crippen LogP) is 5.15. The standard InChI is InChI=1S/C21H23BF2N2/c1-12-7-8-18(13(2)9-12)19-20-14(3)10-16(5)25(20)22(23,24)26-17(6)11-15(4)21(19)26/h7-11H,1-6H3. The summed E-state index contributed by atoms with van der Waals surface area (Å²) in [5, 5.41) is 0. The first kappa shape index (κ1) is 17.0. The van der Waals surface area contributed by atoms with Gasteiger partial charge < -0.3 is 17.6 Å². The van der Waals surface area contributed by atoms with Crippen LogP contribution in [0.15, 0.2) is 41.6 Å². The highest BCUT2D eigenvalue weighted by atomic mass is 19.2. The fourth-order valence-electron chi connectivity index (χ4n) is 4.65. The molecule has 0 fully saturated rings. The van der Waals surface area contributed by atoms with Gasteiger partial charge >= 0.3 is 6.97 Å². The van der Waals surface area contributed by atoms with E-state index in [2.05, 4.69) is 32.0 Å². The van der Waals surface area contributed by atoms with Crippen molar-refractivity contribution in [1.29, 1.82) is 0 Å². The van der Waals surface area contributed by atoms with Crippen molar-refractivity contribution in [2.24, 2.45) is 0 Å². The van der Waals surface area contributed by atoms with Gasteiger partial charge in [-0.05, 0) is 63.1 Å². The van der Waals surface area contributed by atoms with Crippen molar-refractivity contribution in [3.63, 3.8) is 0 Å². The Hall–Kier alpha value is -2.43. The first-order valence-corrected chi connectivity index (χ1v) is 8.99. The molecule has 0 bridgehead atoms. The minimum atomic E-state index is -3.91. The van der Waals surface area contributed by atoms with Crippen LogP contribution >= 0.6 is 0 Å². The van der Waals surface area contributed by atoms with Crippen molar-refractivity contribution in [3.05, 3.63) is 75.3 Å². The molecule has 0 unspecified atom stereocenters. The number of aryl methyl sites for hydroxylation is 4. The van der Waals surface area contributed by atoms with Gasteiger partial charge in [0.05, 0.1) is 5.57 Å². The molecule has 2 nitrogen and oxygen atoms in total. The van der Waals surface area contributed by atoms with E-state index < -0.39 is 6.97 Å². The number of halogens is 2. The van der Waals surface area contributed by atoms with Gasteiger partial charge in [0.25, 0.3) is 0 Å². The molecule has 5 heteroatoms. The molecule has 134 valence electrons. The topological polar surface area (TPSA) is 7.94 Å². The van der Waals surface area contributed by atoms with Gasteiger partial charge in [0.15, 0.2) is 5.70 Å². The van der Waals surface area contributed by atoms with E-state index in [0.29, 0.717) is 22.8 Å². The van der Waals surface area contributed by atoms with Gasteiger partial charge in [0.2, 0.25) is 0 Å². The van der Waals surface area contributed by atoms with Gasteiger partial charge in [-0.25, -0.2) is 0 Å². The SMILES string of the molecule is CC1=CC(C)=[N+]2C1=C(c1ccc(C)cc1C)c1c(C)cc(C)n1[B-]2(F)F. The summed E-state index contributed by atoms with van der Waals surface area (Å²) in [4.78, 5) is 0. The Labute approximate surface area is 153 Å². The Morgan fingerprint density at radius 3 is 2.27 bits per heavy atom. The lowest BCUT2D eigenvalue weighted by Gasteiger charge is -2.34. The van der Waals surface area contributed by atoms with Crippen molar-refractivity contribution < 1.29 is 13.1 Å². The van der Waals surface area contributed by atoms with Gasteiger partial charge in [-0.2, -0.15) is 0 Å². The molecule has 0 spiro atoms. The van der Waals surface area contributed by atoms with Crippen LogP contribution in [0, 0.1) is 27.7 Å². The highest BCUT2D eigenvalue weighted by molar-refractivity contribution is 6.58. The van der Waals surface area contributed by atoms with Gasteiger partial charge in [-0.15, -0.1) is 0 Å². The second kappa shape index (κ2) is 5.29. The second-order valence-corrected chi connectivity index (χ2v) is 7.66. The number of aromatic nitrogens is 1. The smallest absolute Gasteiger partial charge is 0.393 e. The third-order valence-corrected chi connectivity index (χ3v) is 5.59. The summed E-state index contributed by atoms with van der Waals surface area (Å²) < 4.78 is 33.6. The third-order valence-electron chi connectivity index (χ3n) is 5.59. The van der Waals surface area contributed by atoms with Crippen LogP contribution < -0.4 is 0 Å². The number of benzene rings is 1. The molecule has 0 N–H and O–H groups in total. The summed E-state index contributed by atoms with van der Waals surface area (Å²) in [5.74, 6) is 0. The van der Waals surface area contributed by atoms with E-state index in [-0.39, 0.29) is 0 Å². The predicted molar refractivity (Wildman–Crippen MR) is 104 cm³/mol. The number of hydrogen-bond donors (Lipinski definition) is 0. The summed E-state index contributed by atoms with van der Waals surface area (Å²) in [5.41, 5.74) is 8.48. The molecule has 0 radical (unpaired) electrons. The monoisotopic (exact) mass is 352 g/mol. The minimum Gasteiger partial charge on any atom is -0.393 e. The average molecular weight is 352 g/mol. The van der Waals surface area contributed by atoms with Crippen LogP contribution in [0.5, 0.6) is 0 Å². The normalized spacial score (nSPS) is 18.2. The van der Waals surface area contributed by atoms with Crippen molar-refractivity contribution in [1.82, 2.24) is 4.48 Å². The molecule has 2 aliphatic rings. The average Bonchev–Trinajstić information content (AvgIpc) is 2.99. The lowest BCUT2D eigenvalue weighted by atomic mass is 9.82. The maximum atomic E-state index is 15.6. The maximum absolute atomic E-state index is 15.6. The Kier molecular flexibility index (Phi) is 3.46. The molecule has 1 aromatic carbocycles. The zero-order valence-corrected chi connectivity index (χ0v) is 16.1. The van der Waals surface area contributed by atoms with Gasteiger partial charge in [0.1, 0.15) is 5.71 Å². The van der Waals surface area contributed by atoms with Crippen LogP contribution in [0.4, 0.5) is 8.63 Å². The molecule has 3 heterocycles. The van der Waals surface area contributed by atoms with E-state index in [4.69, 9.17) is 0 Å². The summed E-state index contributed by atoms with van der Waals surface area (Å²) in [6.07, 6.45) is 1.87. The third kappa shape index (κ3) is 2.06. The maximum Gasteiger partial charge on any atom is 0.737 e. The molecule has 0 amide bonds. The number of fused-ring (bicyclic) bond motifs is 2.